The van der Waals surface area contributed by atoms with Gasteiger partial charge < -0.3 is 29.8 Å². The number of nitrogens with two attached hydrogens (primary N) is 1. The minimum atomic E-state index is -0.892. The Balaban J connectivity index is -0.000000231. The molecule has 0 bridgehead atoms. The first kappa shape index (κ1) is 65.5. The number of thioether (sulfide) groups is 1. The molecule has 0 fully saturated rings. The summed E-state index contributed by atoms with van der Waals surface area (Å²) in [5.74, 6) is -2.22. The van der Waals surface area contributed by atoms with E-state index in [0.717, 1.165) is 0 Å². The number of Topliss-reactive ketones (excluding diaryl/α,β-unsaturated/α-hetero) is 4. The summed E-state index contributed by atoms with van der Waals surface area (Å²) in [7, 11) is 0. The molecule has 0 rings (SSSR count). The van der Waals surface area contributed by atoms with Crippen LogP contribution in [0.5, 0.6) is 0 Å². The van der Waals surface area contributed by atoms with Gasteiger partial charge in [-0.25, -0.2) is 0 Å². The monoisotopic (exact) mass is 675 g/mol. The van der Waals surface area contributed by atoms with E-state index in [1.54, 1.807) is 13.8 Å². The average molecular weight is 676 g/mol. The zero-order valence-corrected chi connectivity index (χ0v) is 22.8. The molecule has 0 aliphatic carbocycles. The highest BCUT2D eigenvalue weighted by molar-refractivity contribution is 7.99. The zero-order valence-electron chi connectivity index (χ0n) is 22.0. The lowest BCUT2D eigenvalue weighted by atomic mass is 9.93. The molecule has 0 radical (unpaired) electrons. The molecule has 12 heteroatoms. The van der Waals surface area contributed by atoms with Gasteiger partial charge in [-0.2, -0.15) is 11.8 Å². The molecular weight excluding hydrogens is 602 g/mol. The molecule has 0 aromatic heterocycles. The molecule has 276 valence electrons. The van der Waals surface area contributed by atoms with Crippen molar-refractivity contribution in [1.82, 2.24) is 0 Å². The smallest absolute Gasteiger partial charge is 0.305 e. The zero-order chi connectivity index (χ0) is 28.2. The number of ketones is 4. The number of hydrogen-bond donors (Lipinski definition) is 2. The summed E-state index contributed by atoms with van der Waals surface area (Å²) in [5, 5.41) is 9.57. The van der Waals surface area contributed by atoms with Gasteiger partial charge >= 0.3 is 11.9 Å². The van der Waals surface area contributed by atoms with Crippen molar-refractivity contribution in [3.05, 3.63) is 0 Å². The van der Waals surface area contributed by atoms with Gasteiger partial charge in [0.25, 0.3) is 0 Å². The molecule has 0 saturated heterocycles. The molecule has 0 spiro atoms. The third-order valence-electron chi connectivity index (χ3n) is 5.17. The van der Waals surface area contributed by atoms with Crippen LogP contribution in [0.25, 0.3) is 0 Å². The van der Waals surface area contributed by atoms with Crippen LogP contribution in [0, 0.1) is 5.92 Å². The van der Waals surface area contributed by atoms with Gasteiger partial charge in [0.1, 0.15) is 30.9 Å². The Morgan fingerprint density at radius 3 is 1.82 bits per heavy atom. The van der Waals surface area contributed by atoms with E-state index in [9.17, 15) is 33.9 Å². The minimum Gasteiger partial charge on any atom is -0.462 e. The standard InChI is InChI=1S/C25H41NO10S.8CH4/c1-4-24(32)35-14-20(36-25(33)5-2)15-37-16-21(26)23(31)11-18(12-27)22(30)7-6-10-34-13-19(29)9-8-17(3)28;;;;;;;;/h18,20-21,27H,4-16,26H2,1-3H3;8*1H4. The summed E-state index contributed by atoms with van der Waals surface area (Å²) in [4.78, 5) is 70.3. The fourth-order valence-electron chi connectivity index (χ4n) is 2.89. The molecule has 0 saturated carbocycles. The average Bonchev–Trinajstić information content (AvgIpc) is 2.87. The number of esters is 2. The number of rotatable bonds is 23. The van der Waals surface area contributed by atoms with Crippen LogP contribution in [-0.4, -0.2) is 90.3 Å². The van der Waals surface area contributed by atoms with Gasteiger partial charge in [0, 0.05) is 62.6 Å². The van der Waals surface area contributed by atoms with Crippen LogP contribution in [0.15, 0.2) is 0 Å². The molecule has 0 heterocycles. The molecule has 45 heavy (non-hydrogen) atoms. The Morgan fingerprint density at radius 1 is 0.778 bits per heavy atom. The molecular formula is C33H73NO10S. The van der Waals surface area contributed by atoms with E-state index in [4.69, 9.17) is 19.9 Å². The number of aliphatic hydroxyl groups excluding tert-OH is 1. The van der Waals surface area contributed by atoms with Crippen molar-refractivity contribution in [2.75, 3.05) is 37.9 Å². The van der Waals surface area contributed by atoms with Gasteiger partial charge in [-0.1, -0.05) is 73.3 Å². The van der Waals surface area contributed by atoms with Gasteiger partial charge in [-0.15, -0.1) is 0 Å². The molecule has 11 nitrogen and oxygen atoms in total. The summed E-state index contributed by atoms with van der Waals surface area (Å²) in [6, 6.07) is -0.892. The Morgan fingerprint density at radius 2 is 1.33 bits per heavy atom. The predicted octanol–water partition coefficient (Wildman–Crippen LogP) is 6.28. The van der Waals surface area contributed by atoms with Crippen LogP contribution in [0.4, 0.5) is 0 Å². The van der Waals surface area contributed by atoms with Gasteiger partial charge in [0.05, 0.1) is 12.6 Å². The lowest BCUT2D eigenvalue weighted by Gasteiger charge is -2.19. The normalized spacial score (nSPS) is 11.0. The van der Waals surface area contributed by atoms with Crippen molar-refractivity contribution in [3.8, 4) is 0 Å². The van der Waals surface area contributed by atoms with Crippen molar-refractivity contribution in [2.45, 2.75) is 137 Å². The number of hydrogen-bond acceptors (Lipinski definition) is 12. The molecule has 0 aromatic rings. The Hall–Kier alpha value is -2.15. The van der Waals surface area contributed by atoms with Crippen molar-refractivity contribution in [1.29, 1.82) is 0 Å². The predicted molar refractivity (Wildman–Crippen MR) is 191 cm³/mol. The van der Waals surface area contributed by atoms with Crippen molar-refractivity contribution in [3.63, 3.8) is 0 Å². The molecule has 0 aromatic carbocycles. The van der Waals surface area contributed by atoms with Crippen LogP contribution in [-0.2, 0) is 43.0 Å². The van der Waals surface area contributed by atoms with E-state index in [1.807, 2.05) is 0 Å². The fraction of sp³-hybridized carbons (Fsp3) is 0.818. The van der Waals surface area contributed by atoms with Crippen molar-refractivity contribution < 1.29 is 48.1 Å². The molecule has 0 aliphatic heterocycles. The van der Waals surface area contributed by atoms with E-state index in [2.05, 4.69) is 0 Å². The number of aliphatic hydroxyl groups is 1. The maximum Gasteiger partial charge on any atom is 0.305 e. The van der Waals surface area contributed by atoms with Crippen LogP contribution in [0.3, 0.4) is 0 Å². The van der Waals surface area contributed by atoms with Gasteiger partial charge in [0.15, 0.2) is 11.6 Å². The SMILES string of the molecule is C.C.C.C.C.C.C.C.CCC(=O)OCC(CSCC(N)C(=O)CC(CO)C(=O)CCCOCC(=O)CCC(C)=O)OC(=O)CC. The van der Waals surface area contributed by atoms with Gasteiger partial charge in [0.2, 0.25) is 0 Å². The number of carbonyl (C=O) groups excluding carboxylic acids is 6. The number of carbonyl (C=O) groups is 6. The highest BCUT2D eigenvalue weighted by atomic mass is 32.2. The van der Waals surface area contributed by atoms with Crippen LogP contribution in [0.2, 0.25) is 0 Å². The lowest BCUT2D eigenvalue weighted by molar-refractivity contribution is -0.157. The first-order chi connectivity index (χ1) is 17.5. The third kappa shape index (κ3) is 34.6. The quantitative estimate of drug-likeness (QED) is 0.0916. The van der Waals surface area contributed by atoms with E-state index < -0.39 is 36.6 Å². The van der Waals surface area contributed by atoms with Gasteiger partial charge in [-0.3, -0.25) is 24.0 Å². The Kier molecular flexibility index (Phi) is 58.0. The number of ether oxygens (including phenoxy) is 3. The maximum absolute atomic E-state index is 12.5. The van der Waals surface area contributed by atoms with Crippen LogP contribution < -0.4 is 5.73 Å². The molecule has 0 amide bonds. The third-order valence-corrected chi connectivity index (χ3v) is 6.38. The Bertz CT molecular complexity index is 762. The van der Waals surface area contributed by atoms with E-state index in [1.165, 1.54) is 18.7 Å². The summed E-state index contributed by atoms with van der Waals surface area (Å²) in [6.45, 7) is 4.15. The van der Waals surface area contributed by atoms with E-state index in [-0.39, 0.29) is 152 Å². The first-order valence-corrected chi connectivity index (χ1v) is 13.6. The first-order valence-electron chi connectivity index (χ1n) is 12.5. The van der Waals surface area contributed by atoms with E-state index in [0.29, 0.717) is 6.42 Å². The van der Waals surface area contributed by atoms with Crippen LogP contribution in [0.1, 0.15) is 125 Å². The largest absolute Gasteiger partial charge is 0.462 e. The highest BCUT2D eigenvalue weighted by Crippen LogP contribution is 2.14. The molecule has 3 atom stereocenters. The second-order valence-corrected chi connectivity index (χ2v) is 9.63. The molecule has 3 unspecified atom stereocenters. The summed E-state index contributed by atoms with van der Waals surface area (Å²) in [5.41, 5.74) is 5.96. The topological polar surface area (TPSA) is 176 Å². The highest BCUT2D eigenvalue weighted by Gasteiger charge is 2.25. The summed E-state index contributed by atoms with van der Waals surface area (Å²) < 4.78 is 15.5. The summed E-state index contributed by atoms with van der Waals surface area (Å²) in [6.07, 6.45) is 0.186. The van der Waals surface area contributed by atoms with Crippen molar-refractivity contribution in [2.24, 2.45) is 11.7 Å². The second-order valence-electron chi connectivity index (χ2n) is 8.56. The molecule has 0 aliphatic rings. The second kappa shape index (κ2) is 39.9. The van der Waals surface area contributed by atoms with Gasteiger partial charge in [-0.05, 0) is 13.3 Å². The van der Waals surface area contributed by atoms with E-state index >= 15 is 0 Å². The minimum absolute atomic E-state index is 0. The molecule has 3 N–H and O–H groups in total. The van der Waals surface area contributed by atoms with Crippen molar-refractivity contribution >= 4 is 46.8 Å². The maximum atomic E-state index is 12.5. The Labute approximate surface area is 281 Å². The fourth-order valence-corrected chi connectivity index (χ4v) is 3.90. The van der Waals surface area contributed by atoms with Crippen LogP contribution >= 0.6 is 11.8 Å². The lowest BCUT2D eigenvalue weighted by Crippen LogP contribution is -2.37. The summed E-state index contributed by atoms with van der Waals surface area (Å²) >= 11 is 1.25.